The molecule has 0 bridgehead atoms. The lowest BCUT2D eigenvalue weighted by Crippen LogP contribution is -1.97. The predicted octanol–water partition coefficient (Wildman–Crippen LogP) is 5.54. The Labute approximate surface area is 133 Å². The fourth-order valence-electron chi connectivity index (χ4n) is 1.92. The summed E-state index contributed by atoms with van der Waals surface area (Å²) in [6, 6.07) is 6.82. The first kappa shape index (κ1) is 14.4. The van der Waals surface area contributed by atoms with E-state index in [4.69, 9.17) is 34.8 Å². The number of aromatic nitrogens is 2. The van der Waals surface area contributed by atoms with Gasteiger partial charge in [-0.3, -0.25) is 0 Å². The molecule has 3 rings (SSSR count). The number of fused-ring (bicyclic) bond motifs is 1. The van der Waals surface area contributed by atoms with Crippen molar-refractivity contribution in [2.75, 3.05) is 0 Å². The molecule has 2 aromatic carbocycles. The second kappa shape index (κ2) is 5.37. The first-order valence-corrected chi connectivity index (χ1v) is 6.88. The second-order valence-corrected chi connectivity index (χ2v) is 5.36. The van der Waals surface area contributed by atoms with Gasteiger partial charge in [-0.2, -0.15) is 0 Å². The summed E-state index contributed by atoms with van der Waals surface area (Å²) in [5.74, 6) is -2.11. The van der Waals surface area contributed by atoms with Crippen LogP contribution in [0.15, 0.2) is 30.3 Å². The fourth-order valence-corrected chi connectivity index (χ4v) is 2.68. The number of halogens is 5. The van der Waals surface area contributed by atoms with Crippen LogP contribution in [-0.4, -0.2) is 9.97 Å². The van der Waals surface area contributed by atoms with Crippen molar-refractivity contribution in [2.24, 2.45) is 0 Å². The molecule has 0 spiro atoms. The molecular weight excluding hydrogens is 341 g/mol. The summed E-state index contributed by atoms with van der Waals surface area (Å²) in [6.45, 7) is 0. The quantitative estimate of drug-likeness (QED) is 0.542. The van der Waals surface area contributed by atoms with Gasteiger partial charge in [-0.15, -0.1) is 0 Å². The molecular formula is C14H5Cl3F2N2. The SMILES string of the molecule is Fc1cccc(-c2nc(Cl)c3c(Cl)ccc(Cl)c3n2)c1F. The van der Waals surface area contributed by atoms with Crippen molar-refractivity contribution in [1.82, 2.24) is 9.97 Å². The molecule has 0 aliphatic rings. The van der Waals surface area contributed by atoms with E-state index in [-0.39, 0.29) is 27.1 Å². The van der Waals surface area contributed by atoms with Crippen LogP contribution in [0.3, 0.4) is 0 Å². The molecule has 0 saturated heterocycles. The van der Waals surface area contributed by atoms with Crippen molar-refractivity contribution in [3.63, 3.8) is 0 Å². The van der Waals surface area contributed by atoms with Crippen molar-refractivity contribution in [1.29, 1.82) is 0 Å². The van der Waals surface area contributed by atoms with E-state index in [1.54, 1.807) is 12.1 Å². The Morgan fingerprint density at radius 3 is 2.33 bits per heavy atom. The van der Waals surface area contributed by atoms with Crippen molar-refractivity contribution in [3.8, 4) is 11.4 Å². The Kier molecular flexibility index (Phi) is 3.69. The zero-order valence-electron chi connectivity index (χ0n) is 10.2. The average Bonchev–Trinajstić information content (AvgIpc) is 2.45. The van der Waals surface area contributed by atoms with Gasteiger partial charge in [0.2, 0.25) is 0 Å². The van der Waals surface area contributed by atoms with Gasteiger partial charge in [0.1, 0.15) is 5.15 Å². The molecule has 0 fully saturated rings. The van der Waals surface area contributed by atoms with Crippen molar-refractivity contribution in [3.05, 3.63) is 57.2 Å². The highest BCUT2D eigenvalue weighted by Gasteiger charge is 2.17. The zero-order valence-corrected chi connectivity index (χ0v) is 12.4. The molecule has 21 heavy (non-hydrogen) atoms. The third-order valence-electron chi connectivity index (χ3n) is 2.90. The minimum Gasteiger partial charge on any atom is -0.226 e. The lowest BCUT2D eigenvalue weighted by molar-refractivity contribution is 0.510. The van der Waals surface area contributed by atoms with E-state index in [1.807, 2.05) is 0 Å². The van der Waals surface area contributed by atoms with Crippen LogP contribution in [0.1, 0.15) is 0 Å². The zero-order chi connectivity index (χ0) is 15.1. The maximum atomic E-state index is 13.8. The molecule has 0 saturated carbocycles. The summed E-state index contributed by atoms with van der Waals surface area (Å²) in [7, 11) is 0. The highest BCUT2D eigenvalue weighted by Crippen LogP contribution is 2.34. The Morgan fingerprint density at radius 1 is 0.857 bits per heavy atom. The van der Waals surface area contributed by atoms with Gasteiger partial charge in [-0.25, -0.2) is 18.7 Å². The Morgan fingerprint density at radius 2 is 1.57 bits per heavy atom. The lowest BCUT2D eigenvalue weighted by Gasteiger charge is -2.08. The van der Waals surface area contributed by atoms with Gasteiger partial charge in [-0.05, 0) is 24.3 Å². The standard InChI is InChI=1S/C14H5Cl3F2N2/c15-7-4-5-8(16)12-10(7)13(17)21-14(20-12)6-2-1-3-9(18)11(6)19/h1-5H. The van der Waals surface area contributed by atoms with E-state index in [0.717, 1.165) is 6.07 Å². The van der Waals surface area contributed by atoms with Crippen LogP contribution in [0.2, 0.25) is 15.2 Å². The van der Waals surface area contributed by atoms with E-state index >= 15 is 0 Å². The molecule has 0 aliphatic heterocycles. The molecule has 0 aliphatic carbocycles. The number of hydrogen-bond acceptors (Lipinski definition) is 2. The van der Waals surface area contributed by atoms with Crippen LogP contribution in [0.5, 0.6) is 0 Å². The summed E-state index contributed by atoms with van der Waals surface area (Å²) in [4.78, 5) is 8.13. The van der Waals surface area contributed by atoms with Crippen LogP contribution in [0.4, 0.5) is 8.78 Å². The van der Waals surface area contributed by atoms with Gasteiger partial charge >= 0.3 is 0 Å². The smallest absolute Gasteiger partial charge is 0.169 e. The number of benzene rings is 2. The minimum atomic E-state index is -1.05. The highest BCUT2D eigenvalue weighted by molar-refractivity contribution is 6.44. The largest absolute Gasteiger partial charge is 0.226 e. The van der Waals surface area contributed by atoms with E-state index in [0.29, 0.717) is 10.4 Å². The summed E-state index contributed by atoms with van der Waals surface area (Å²) in [6.07, 6.45) is 0. The molecule has 0 atom stereocenters. The molecule has 0 amide bonds. The molecule has 0 unspecified atom stereocenters. The molecule has 0 radical (unpaired) electrons. The molecule has 1 heterocycles. The molecule has 7 heteroatoms. The maximum absolute atomic E-state index is 13.8. The fraction of sp³-hybridized carbons (Fsp3) is 0. The Bertz CT molecular complexity index is 868. The number of rotatable bonds is 1. The average molecular weight is 346 g/mol. The third kappa shape index (κ3) is 2.44. The third-order valence-corrected chi connectivity index (χ3v) is 3.79. The number of hydrogen-bond donors (Lipinski definition) is 0. The van der Waals surface area contributed by atoms with Gasteiger partial charge in [-0.1, -0.05) is 40.9 Å². The van der Waals surface area contributed by atoms with Gasteiger partial charge < -0.3 is 0 Å². The maximum Gasteiger partial charge on any atom is 0.169 e. The second-order valence-electron chi connectivity index (χ2n) is 4.19. The van der Waals surface area contributed by atoms with E-state index in [9.17, 15) is 8.78 Å². The minimum absolute atomic E-state index is 0.0196. The highest BCUT2D eigenvalue weighted by atomic mass is 35.5. The summed E-state index contributed by atoms with van der Waals surface area (Å²) < 4.78 is 27.2. The topological polar surface area (TPSA) is 25.8 Å². The van der Waals surface area contributed by atoms with Crippen molar-refractivity contribution >= 4 is 45.7 Å². The molecule has 1 aromatic heterocycles. The number of nitrogens with zero attached hydrogens (tertiary/aromatic N) is 2. The van der Waals surface area contributed by atoms with Crippen LogP contribution in [-0.2, 0) is 0 Å². The van der Waals surface area contributed by atoms with E-state index in [1.165, 1.54) is 12.1 Å². The summed E-state index contributed by atoms with van der Waals surface area (Å²) in [5, 5.41) is 1.000. The van der Waals surface area contributed by atoms with E-state index < -0.39 is 11.6 Å². The van der Waals surface area contributed by atoms with Crippen LogP contribution < -0.4 is 0 Å². The first-order chi connectivity index (χ1) is 9.99. The van der Waals surface area contributed by atoms with Crippen molar-refractivity contribution < 1.29 is 8.78 Å². The normalized spacial score (nSPS) is 11.1. The van der Waals surface area contributed by atoms with Crippen LogP contribution in [0, 0.1) is 11.6 Å². The lowest BCUT2D eigenvalue weighted by atomic mass is 10.1. The van der Waals surface area contributed by atoms with Crippen molar-refractivity contribution in [2.45, 2.75) is 0 Å². The first-order valence-electron chi connectivity index (χ1n) is 5.74. The molecule has 2 nitrogen and oxygen atoms in total. The van der Waals surface area contributed by atoms with E-state index in [2.05, 4.69) is 9.97 Å². The Hall–Kier alpha value is -1.49. The molecule has 0 N–H and O–H groups in total. The Balaban J connectivity index is 2.36. The van der Waals surface area contributed by atoms with Gasteiger partial charge in [0.05, 0.1) is 26.5 Å². The summed E-state index contributed by atoms with van der Waals surface area (Å²) >= 11 is 18.2. The van der Waals surface area contributed by atoms with Gasteiger partial charge in [0, 0.05) is 0 Å². The van der Waals surface area contributed by atoms with Gasteiger partial charge in [0.25, 0.3) is 0 Å². The summed E-state index contributed by atoms with van der Waals surface area (Å²) in [5.41, 5.74) is 0.178. The monoisotopic (exact) mass is 344 g/mol. The molecule has 106 valence electrons. The van der Waals surface area contributed by atoms with Crippen LogP contribution >= 0.6 is 34.8 Å². The van der Waals surface area contributed by atoms with Gasteiger partial charge in [0.15, 0.2) is 17.5 Å². The van der Waals surface area contributed by atoms with Crippen LogP contribution in [0.25, 0.3) is 22.3 Å². The molecule has 3 aromatic rings. The predicted molar refractivity (Wildman–Crippen MR) is 79.9 cm³/mol.